The van der Waals surface area contributed by atoms with Gasteiger partial charge in [-0.25, -0.2) is 0 Å². The molecule has 1 heterocycles. The number of piperazine rings is 1. The number of anilines is 1. The Kier molecular flexibility index (Phi) is 3.35. The van der Waals surface area contributed by atoms with Gasteiger partial charge in [0, 0.05) is 5.69 Å². The summed E-state index contributed by atoms with van der Waals surface area (Å²) in [4.78, 5) is 26.8. The van der Waals surface area contributed by atoms with Crippen LogP contribution >= 0.6 is 0 Å². The topological polar surface area (TPSA) is 58.6 Å². The highest BCUT2D eigenvalue weighted by Gasteiger charge is 2.51. The quantitative estimate of drug-likeness (QED) is 0.903. The number of carbonyl (C=O) groups is 2. The minimum atomic E-state index is -0.691. The maximum atomic E-state index is 12.9. The lowest BCUT2D eigenvalue weighted by atomic mass is 9.90. The first-order valence-electron chi connectivity index (χ1n) is 7.37. The molecule has 2 fully saturated rings. The zero-order valence-electron chi connectivity index (χ0n) is 12.4. The Hall–Kier alpha value is -2.04. The molecule has 1 aromatic rings. The first-order chi connectivity index (χ1) is 10.1. The molecule has 0 aromatic heterocycles. The Morgan fingerprint density at radius 2 is 1.81 bits per heavy atom. The number of nitrogens with zero attached hydrogens (tertiary/aromatic N) is 1. The molecule has 1 unspecified atom stereocenters. The predicted octanol–water partition coefficient (Wildman–Crippen LogP) is 1.86. The summed E-state index contributed by atoms with van der Waals surface area (Å²) in [5.74, 6) is 0.667. The van der Waals surface area contributed by atoms with Crippen LogP contribution in [0.25, 0.3) is 0 Å². The van der Waals surface area contributed by atoms with E-state index >= 15 is 0 Å². The number of ether oxygens (including phenoxy) is 1. The Morgan fingerprint density at radius 1 is 1.19 bits per heavy atom. The standard InChI is InChI=1S/C16H20N2O3/c1-11-14(19)17-16(9-3-4-10-16)15(20)18(11)12-5-7-13(21-2)8-6-12/h5-8,11H,3-4,9-10H2,1-2H3,(H,17,19). The number of carbonyl (C=O) groups excluding carboxylic acids is 2. The maximum Gasteiger partial charge on any atom is 0.253 e. The summed E-state index contributed by atoms with van der Waals surface area (Å²) in [6, 6.07) is 6.78. The van der Waals surface area contributed by atoms with Gasteiger partial charge in [-0.1, -0.05) is 12.8 Å². The van der Waals surface area contributed by atoms with E-state index in [2.05, 4.69) is 5.32 Å². The zero-order valence-corrected chi connectivity index (χ0v) is 12.4. The molecular formula is C16H20N2O3. The summed E-state index contributed by atoms with van der Waals surface area (Å²) in [5.41, 5.74) is 0.0539. The fourth-order valence-electron chi connectivity index (χ4n) is 3.32. The molecule has 0 bridgehead atoms. The number of hydrogen-bond donors (Lipinski definition) is 1. The van der Waals surface area contributed by atoms with Crippen molar-refractivity contribution in [2.24, 2.45) is 0 Å². The van der Waals surface area contributed by atoms with E-state index in [9.17, 15) is 9.59 Å². The number of methoxy groups -OCH3 is 1. The first-order valence-corrected chi connectivity index (χ1v) is 7.37. The van der Waals surface area contributed by atoms with E-state index in [1.807, 2.05) is 24.3 Å². The summed E-state index contributed by atoms with van der Waals surface area (Å²) in [6.45, 7) is 1.76. The molecule has 5 nitrogen and oxygen atoms in total. The van der Waals surface area contributed by atoms with E-state index in [0.29, 0.717) is 0 Å². The van der Waals surface area contributed by atoms with Gasteiger partial charge in [-0.2, -0.15) is 0 Å². The van der Waals surface area contributed by atoms with Crippen molar-refractivity contribution in [1.82, 2.24) is 5.32 Å². The molecule has 1 saturated carbocycles. The van der Waals surface area contributed by atoms with Crippen LogP contribution in [0.3, 0.4) is 0 Å². The van der Waals surface area contributed by atoms with Gasteiger partial charge in [0.25, 0.3) is 5.91 Å². The number of amides is 2. The van der Waals surface area contributed by atoms with Crippen molar-refractivity contribution in [3.8, 4) is 5.75 Å². The van der Waals surface area contributed by atoms with Gasteiger partial charge in [0.15, 0.2) is 0 Å². The third-order valence-electron chi connectivity index (χ3n) is 4.57. The minimum Gasteiger partial charge on any atom is -0.497 e. The lowest BCUT2D eigenvalue weighted by Gasteiger charge is -2.43. The summed E-state index contributed by atoms with van der Waals surface area (Å²) in [6.07, 6.45) is 3.43. The zero-order chi connectivity index (χ0) is 15.0. The highest BCUT2D eigenvalue weighted by molar-refractivity contribution is 6.10. The molecule has 1 N–H and O–H groups in total. The summed E-state index contributed by atoms with van der Waals surface area (Å²) in [7, 11) is 1.60. The second-order valence-corrected chi connectivity index (χ2v) is 5.83. The van der Waals surface area contributed by atoms with Crippen molar-refractivity contribution < 1.29 is 14.3 Å². The second-order valence-electron chi connectivity index (χ2n) is 5.83. The molecule has 21 heavy (non-hydrogen) atoms. The fraction of sp³-hybridized carbons (Fsp3) is 0.500. The van der Waals surface area contributed by atoms with Crippen LogP contribution in [0.4, 0.5) is 5.69 Å². The van der Waals surface area contributed by atoms with Crippen LogP contribution < -0.4 is 15.0 Å². The van der Waals surface area contributed by atoms with Crippen LogP contribution in [0, 0.1) is 0 Å². The molecule has 5 heteroatoms. The van der Waals surface area contributed by atoms with Crippen molar-refractivity contribution in [2.75, 3.05) is 12.0 Å². The molecule has 0 radical (unpaired) electrons. The average molecular weight is 288 g/mol. The van der Waals surface area contributed by atoms with Gasteiger partial charge in [0.05, 0.1) is 7.11 Å². The predicted molar refractivity (Wildman–Crippen MR) is 79.3 cm³/mol. The molecule has 3 rings (SSSR count). The Morgan fingerprint density at radius 3 is 2.38 bits per heavy atom. The first kappa shape index (κ1) is 13.9. The fourth-order valence-corrected chi connectivity index (χ4v) is 3.32. The molecule has 1 aromatic carbocycles. The highest BCUT2D eigenvalue weighted by Crippen LogP contribution is 2.36. The van der Waals surface area contributed by atoms with Gasteiger partial charge in [-0.15, -0.1) is 0 Å². The largest absolute Gasteiger partial charge is 0.497 e. The van der Waals surface area contributed by atoms with Crippen molar-refractivity contribution in [2.45, 2.75) is 44.2 Å². The summed E-state index contributed by atoms with van der Waals surface area (Å²) in [5, 5.41) is 2.96. The van der Waals surface area contributed by atoms with Crippen LogP contribution in [0.2, 0.25) is 0 Å². The smallest absolute Gasteiger partial charge is 0.253 e. The Bertz CT molecular complexity index is 561. The third kappa shape index (κ3) is 2.17. The number of hydrogen-bond acceptors (Lipinski definition) is 3. The Labute approximate surface area is 124 Å². The van der Waals surface area contributed by atoms with Crippen molar-refractivity contribution in [3.63, 3.8) is 0 Å². The van der Waals surface area contributed by atoms with Gasteiger partial charge in [-0.05, 0) is 44.0 Å². The van der Waals surface area contributed by atoms with Gasteiger partial charge < -0.3 is 10.1 Å². The van der Waals surface area contributed by atoms with Crippen LogP contribution in [-0.2, 0) is 9.59 Å². The van der Waals surface area contributed by atoms with Crippen molar-refractivity contribution in [3.05, 3.63) is 24.3 Å². The molecule has 1 atom stereocenters. The Balaban J connectivity index is 1.97. The van der Waals surface area contributed by atoms with Gasteiger partial charge in [0.2, 0.25) is 5.91 Å². The molecule has 112 valence electrons. The lowest BCUT2D eigenvalue weighted by Crippen LogP contribution is -2.69. The molecule has 1 spiro atoms. The van der Waals surface area contributed by atoms with Crippen LogP contribution in [0.1, 0.15) is 32.6 Å². The van der Waals surface area contributed by atoms with E-state index in [-0.39, 0.29) is 11.8 Å². The number of rotatable bonds is 2. The normalized spacial score (nSPS) is 24.3. The van der Waals surface area contributed by atoms with E-state index in [1.165, 1.54) is 0 Å². The summed E-state index contributed by atoms with van der Waals surface area (Å²) < 4.78 is 5.14. The SMILES string of the molecule is COc1ccc(N2C(=O)C3(CCCC3)NC(=O)C2C)cc1. The van der Waals surface area contributed by atoms with E-state index in [0.717, 1.165) is 37.1 Å². The van der Waals surface area contributed by atoms with E-state index < -0.39 is 11.6 Å². The monoisotopic (exact) mass is 288 g/mol. The third-order valence-corrected chi connectivity index (χ3v) is 4.57. The highest BCUT2D eigenvalue weighted by atomic mass is 16.5. The average Bonchev–Trinajstić information content (AvgIpc) is 2.96. The molecule has 1 aliphatic carbocycles. The van der Waals surface area contributed by atoms with Crippen LogP contribution in [-0.4, -0.2) is 30.5 Å². The molecule has 1 aliphatic heterocycles. The van der Waals surface area contributed by atoms with Crippen LogP contribution in [0.5, 0.6) is 5.75 Å². The van der Waals surface area contributed by atoms with Gasteiger partial charge >= 0.3 is 0 Å². The minimum absolute atomic E-state index is 0.0114. The lowest BCUT2D eigenvalue weighted by molar-refractivity contribution is -0.137. The van der Waals surface area contributed by atoms with Gasteiger partial charge in [0.1, 0.15) is 17.3 Å². The van der Waals surface area contributed by atoms with E-state index in [4.69, 9.17) is 4.74 Å². The second kappa shape index (κ2) is 5.06. The molecular weight excluding hydrogens is 268 g/mol. The van der Waals surface area contributed by atoms with Crippen LogP contribution in [0.15, 0.2) is 24.3 Å². The van der Waals surface area contributed by atoms with Crippen molar-refractivity contribution >= 4 is 17.5 Å². The van der Waals surface area contributed by atoms with Gasteiger partial charge in [-0.3, -0.25) is 14.5 Å². The number of nitrogens with one attached hydrogen (secondary N) is 1. The molecule has 1 saturated heterocycles. The maximum absolute atomic E-state index is 12.9. The summed E-state index contributed by atoms with van der Waals surface area (Å²) >= 11 is 0. The number of benzene rings is 1. The van der Waals surface area contributed by atoms with E-state index in [1.54, 1.807) is 18.9 Å². The molecule has 2 aliphatic rings. The van der Waals surface area contributed by atoms with Crippen molar-refractivity contribution in [1.29, 1.82) is 0 Å². The molecule has 2 amide bonds.